The van der Waals surface area contributed by atoms with Crippen LogP contribution in [0.3, 0.4) is 0 Å². The highest BCUT2D eigenvalue weighted by Crippen LogP contribution is 2.24. The van der Waals surface area contributed by atoms with E-state index in [-0.39, 0.29) is 0 Å². The second-order valence-electron chi connectivity index (χ2n) is 4.79. The molecule has 4 nitrogen and oxygen atoms in total. The number of nitrogens with one attached hydrogen (secondary N) is 1. The number of aryl methyl sites for hydroxylation is 1. The summed E-state index contributed by atoms with van der Waals surface area (Å²) in [5.74, 6) is 1.07. The number of halogens is 1. The molecule has 0 saturated heterocycles. The third-order valence-electron chi connectivity index (χ3n) is 3.15. The van der Waals surface area contributed by atoms with Gasteiger partial charge in [-0.2, -0.15) is 5.10 Å². The van der Waals surface area contributed by atoms with Crippen LogP contribution in [0.5, 0.6) is 0 Å². The number of nitrogens with zero attached hydrogens (tertiary/aromatic N) is 3. The van der Waals surface area contributed by atoms with E-state index in [1.165, 1.54) is 8.45 Å². The Balaban J connectivity index is 2.12. The molecule has 0 aromatic carbocycles. The van der Waals surface area contributed by atoms with Crippen LogP contribution in [0, 0.1) is 2.88 Å². The van der Waals surface area contributed by atoms with Crippen molar-refractivity contribution in [1.29, 1.82) is 0 Å². The van der Waals surface area contributed by atoms with Crippen LogP contribution < -0.4 is 5.32 Å². The summed E-state index contributed by atoms with van der Waals surface area (Å²) < 4.78 is 3.36. The van der Waals surface area contributed by atoms with Crippen molar-refractivity contribution in [1.82, 2.24) is 20.1 Å². The second-order valence-corrected chi connectivity index (χ2v) is 7.60. The summed E-state index contributed by atoms with van der Waals surface area (Å²) in [6.45, 7) is 6.33. The van der Waals surface area contributed by atoms with E-state index in [9.17, 15) is 0 Å². The second kappa shape index (κ2) is 8.09. The summed E-state index contributed by atoms with van der Waals surface area (Å²) in [6.07, 6.45) is 4.78. The largest absolute Gasteiger partial charge is 0.310 e. The van der Waals surface area contributed by atoms with Gasteiger partial charge < -0.3 is 5.32 Å². The Morgan fingerprint density at radius 1 is 1.40 bits per heavy atom. The maximum atomic E-state index is 4.43. The Kier molecular flexibility index (Phi) is 6.44. The predicted octanol–water partition coefficient (Wildman–Crippen LogP) is 3.64. The molecule has 2 heterocycles. The van der Waals surface area contributed by atoms with Crippen LogP contribution in [0.1, 0.15) is 44.1 Å². The molecule has 0 fully saturated rings. The molecule has 0 saturated carbocycles. The Labute approximate surface area is 138 Å². The molecule has 0 aliphatic heterocycles. The molecular formula is C14H21IN4S. The van der Waals surface area contributed by atoms with Crippen molar-refractivity contribution in [3.63, 3.8) is 0 Å². The van der Waals surface area contributed by atoms with E-state index in [0.717, 1.165) is 38.2 Å². The number of hydrogen-bond donors (Lipinski definition) is 1. The molecular weight excluding hydrogens is 383 g/mol. The number of thiophene rings is 1. The van der Waals surface area contributed by atoms with Gasteiger partial charge in [0.15, 0.2) is 0 Å². The van der Waals surface area contributed by atoms with Gasteiger partial charge in [0.2, 0.25) is 0 Å². The predicted molar refractivity (Wildman–Crippen MR) is 92.1 cm³/mol. The van der Waals surface area contributed by atoms with Crippen LogP contribution in [-0.2, 0) is 13.0 Å². The number of aromatic nitrogens is 3. The summed E-state index contributed by atoms with van der Waals surface area (Å²) in [7, 11) is 0. The molecule has 0 bridgehead atoms. The summed E-state index contributed by atoms with van der Waals surface area (Å²) in [6, 6.07) is 2.59. The maximum absolute atomic E-state index is 4.43. The van der Waals surface area contributed by atoms with E-state index in [0.29, 0.717) is 6.04 Å². The van der Waals surface area contributed by atoms with Gasteiger partial charge in [-0.1, -0.05) is 13.8 Å². The fourth-order valence-corrected chi connectivity index (χ4v) is 3.59. The molecule has 0 spiro atoms. The molecule has 0 radical (unpaired) electrons. The standard InChI is InChI=1S/C14H21IN4S/c1-3-5-16-12(11-7-13(15)20-9-11)8-14-17-10-18-19(14)6-4-2/h7,9-10,12,16H,3-6,8H2,1-2H3. The highest BCUT2D eigenvalue weighted by molar-refractivity contribution is 14.1. The first-order valence-corrected chi connectivity index (χ1v) is 9.04. The quantitative estimate of drug-likeness (QED) is 0.684. The van der Waals surface area contributed by atoms with Crippen molar-refractivity contribution in [2.24, 2.45) is 0 Å². The van der Waals surface area contributed by atoms with Crippen molar-refractivity contribution >= 4 is 33.9 Å². The Morgan fingerprint density at radius 2 is 2.25 bits per heavy atom. The van der Waals surface area contributed by atoms with Gasteiger partial charge in [-0.05, 0) is 59.0 Å². The molecule has 1 unspecified atom stereocenters. The molecule has 0 aliphatic carbocycles. The lowest BCUT2D eigenvalue weighted by Crippen LogP contribution is -2.25. The van der Waals surface area contributed by atoms with Gasteiger partial charge in [0, 0.05) is 19.0 Å². The molecule has 2 rings (SSSR count). The molecule has 2 aromatic heterocycles. The van der Waals surface area contributed by atoms with E-state index >= 15 is 0 Å². The Bertz CT molecular complexity index is 523. The van der Waals surface area contributed by atoms with Crippen molar-refractivity contribution < 1.29 is 0 Å². The van der Waals surface area contributed by atoms with Crippen molar-refractivity contribution in [2.75, 3.05) is 6.54 Å². The highest BCUT2D eigenvalue weighted by atomic mass is 127. The van der Waals surface area contributed by atoms with Crippen molar-refractivity contribution in [3.8, 4) is 0 Å². The maximum Gasteiger partial charge on any atom is 0.138 e. The van der Waals surface area contributed by atoms with Gasteiger partial charge in [-0.3, -0.25) is 4.68 Å². The lowest BCUT2D eigenvalue weighted by molar-refractivity contribution is 0.489. The molecule has 110 valence electrons. The summed E-state index contributed by atoms with van der Waals surface area (Å²) in [4.78, 5) is 4.43. The Morgan fingerprint density at radius 3 is 2.90 bits per heavy atom. The number of hydrogen-bond acceptors (Lipinski definition) is 4. The van der Waals surface area contributed by atoms with E-state index in [4.69, 9.17) is 0 Å². The molecule has 1 N–H and O–H groups in total. The van der Waals surface area contributed by atoms with Gasteiger partial charge in [0.05, 0.1) is 2.88 Å². The zero-order valence-electron chi connectivity index (χ0n) is 12.0. The highest BCUT2D eigenvalue weighted by Gasteiger charge is 2.16. The fraction of sp³-hybridized carbons (Fsp3) is 0.571. The first kappa shape index (κ1) is 15.9. The fourth-order valence-electron chi connectivity index (χ4n) is 2.16. The minimum absolute atomic E-state index is 0.328. The van der Waals surface area contributed by atoms with Crippen LogP contribution in [0.15, 0.2) is 17.8 Å². The van der Waals surface area contributed by atoms with E-state index in [1.54, 1.807) is 17.7 Å². The third-order valence-corrected chi connectivity index (χ3v) is 4.96. The lowest BCUT2D eigenvalue weighted by Gasteiger charge is -2.17. The molecule has 20 heavy (non-hydrogen) atoms. The molecule has 0 amide bonds. The van der Waals surface area contributed by atoms with Crippen LogP contribution >= 0.6 is 33.9 Å². The van der Waals surface area contributed by atoms with Crippen LogP contribution in [0.25, 0.3) is 0 Å². The van der Waals surface area contributed by atoms with E-state index < -0.39 is 0 Å². The molecule has 0 aliphatic rings. The SMILES string of the molecule is CCCNC(Cc1ncnn1CCC)c1csc(I)c1. The van der Waals surface area contributed by atoms with Gasteiger partial charge in [-0.25, -0.2) is 4.98 Å². The van der Waals surface area contributed by atoms with E-state index in [2.05, 4.69) is 63.3 Å². The van der Waals surface area contributed by atoms with Gasteiger partial charge in [0.25, 0.3) is 0 Å². The van der Waals surface area contributed by atoms with Crippen molar-refractivity contribution in [2.45, 2.75) is 45.7 Å². The normalized spacial score (nSPS) is 12.8. The minimum atomic E-state index is 0.328. The number of rotatable bonds is 8. The third kappa shape index (κ3) is 4.26. The Hall–Kier alpha value is -0.470. The lowest BCUT2D eigenvalue weighted by atomic mass is 10.1. The molecule has 6 heteroatoms. The minimum Gasteiger partial charge on any atom is -0.310 e. The summed E-state index contributed by atoms with van der Waals surface area (Å²) in [5, 5.41) is 10.2. The average molecular weight is 404 g/mol. The average Bonchev–Trinajstić information content (AvgIpc) is 3.04. The zero-order chi connectivity index (χ0) is 14.4. The smallest absolute Gasteiger partial charge is 0.138 e. The first-order chi connectivity index (χ1) is 9.74. The first-order valence-electron chi connectivity index (χ1n) is 7.08. The van der Waals surface area contributed by atoms with Crippen LogP contribution in [0.2, 0.25) is 0 Å². The molecule has 1 atom stereocenters. The van der Waals surface area contributed by atoms with Crippen molar-refractivity contribution in [3.05, 3.63) is 32.0 Å². The topological polar surface area (TPSA) is 42.7 Å². The monoisotopic (exact) mass is 404 g/mol. The van der Waals surface area contributed by atoms with Crippen LogP contribution in [0.4, 0.5) is 0 Å². The summed E-state index contributed by atoms with van der Waals surface area (Å²) >= 11 is 4.18. The van der Waals surface area contributed by atoms with Gasteiger partial charge in [0.1, 0.15) is 12.2 Å². The summed E-state index contributed by atoms with van der Waals surface area (Å²) in [5.41, 5.74) is 1.36. The van der Waals surface area contributed by atoms with E-state index in [1.807, 2.05) is 4.68 Å². The zero-order valence-corrected chi connectivity index (χ0v) is 14.9. The molecule has 2 aromatic rings. The van der Waals surface area contributed by atoms with Gasteiger partial charge >= 0.3 is 0 Å². The van der Waals surface area contributed by atoms with Gasteiger partial charge in [-0.15, -0.1) is 11.3 Å². The van der Waals surface area contributed by atoms with Crippen LogP contribution in [-0.4, -0.2) is 21.3 Å².